The Morgan fingerprint density at radius 2 is 2.00 bits per heavy atom. The third-order valence-corrected chi connectivity index (χ3v) is 4.56. The fourth-order valence-electron chi connectivity index (χ4n) is 3.48. The lowest BCUT2D eigenvalue weighted by Crippen LogP contribution is -2.17. The Morgan fingerprint density at radius 1 is 1.31 bits per heavy atom. The molecule has 1 fully saturated rings. The zero-order valence-corrected chi connectivity index (χ0v) is 11.0. The van der Waals surface area contributed by atoms with Crippen LogP contribution in [0.25, 0.3) is 0 Å². The molecular weight excluding hydrogens is 196 g/mol. The highest BCUT2D eigenvalue weighted by atomic mass is 16.3. The standard InChI is InChI=1S/C15H24O/c1-9(2)12-7-14-10(3)5-13(16)6-11(4)15(14)8-12/h5,11,13-16H,6-8H2,1-4H3/t11-,13-,14-,15-/m0/s1. The Balaban J connectivity index is 2.29. The van der Waals surface area contributed by atoms with Gasteiger partial charge in [0.15, 0.2) is 0 Å². The molecule has 0 spiro atoms. The zero-order chi connectivity index (χ0) is 11.9. The van der Waals surface area contributed by atoms with Crippen LogP contribution in [0.1, 0.15) is 47.0 Å². The zero-order valence-electron chi connectivity index (χ0n) is 11.0. The minimum absolute atomic E-state index is 0.212. The summed E-state index contributed by atoms with van der Waals surface area (Å²) in [5.41, 5.74) is 4.58. The summed E-state index contributed by atoms with van der Waals surface area (Å²) in [5.74, 6) is 2.10. The van der Waals surface area contributed by atoms with E-state index in [2.05, 4.69) is 33.8 Å². The smallest absolute Gasteiger partial charge is 0.0726 e. The van der Waals surface area contributed by atoms with E-state index in [1.807, 2.05) is 0 Å². The largest absolute Gasteiger partial charge is 0.389 e. The van der Waals surface area contributed by atoms with E-state index in [0.717, 1.165) is 12.3 Å². The van der Waals surface area contributed by atoms with Gasteiger partial charge >= 0.3 is 0 Å². The second-order valence-electron chi connectivity index (χ2n) is 5.97. The van der Waals surface area contributed by atoms with E-state index >= 15 is 0 Å². The van der Waals surface area contributed by atoms with Gasteiger partial charge in [0.1, 0.15) is 0 Å². The Hall–Kier alpha value is -0.560. The molecule has 0 aromatic carbocycles. The molecule has 0 unspecified atom stereocenters. The average molecular weight is 220 g/mol. The number of hydrogen-bond acceptors (Lipinski definition) is 1. The Bertz CT molecular complexity index is 333. The van der Waals surface area contributed by atoms with Gasteiger partial charge in [0.05, 0.1) is 6.10 Å². The molecule has 2 aliphatic rings. The lowest BCUT2D eigenvalue weighted by Gasteiger charge is -2.23. The van der Waals surface area contributed by atoms with Crippen molar-refractivity contribution in [2.24, 2.45) is 17.8 Å². The van der Waals surface area contributed by atoms with Gasteiger partial charge in [0, 0.05) is 0 Å². The van der Waals surface area contributed by atoms with Crippen LogP contribution in [0.4, 0.5) is 0 Å². The third-order valence-electron chi connectivity index (χ3n) is 4.56. The van der Waals surface area contributed by atoms with Crippen molar-refractivity contribution in [1.29, 1.82) is 0 Å². The van der Waals surface area contributed by atoms with Gasteiger partial charge in [-0.25, -0.2) is 0 Å². The summed E-state index contributed by atoms with van der Waals surface area (Å²) in [4.78, 5) is 0. The quantitative estimate of drug-likeness (QED) is 0.617. The maximum absolute atomic E-state index is 9.87. The molecule has 1 saturated carbocycles. The first-order chi connectivity index (χ1) is 7.49. The number of aliphatic hydroxyl groups excluding tert-OH is 1. The highest BCUT2D eigenvalue weighted by molar-refractivity contribution is 5.24. The Labute approximate surface area is 99.3 Å². The summed E-state index contributed by atoms with van der Waals surface area (Å²) < 4.78 is 0. The summed E-state index contributed by atoms with van der Waals surface area (Å²) in [6, 6.07) is 0. The summed E-state index contributed by atoms with van der Waals surface area (Å²) in [6.07, 6.45) is 5.30. The second kappa shape index (κ2) is 4.37. The molecule has 0 amide bonds. The van der Waals surface area contributed by atoms with Crippen LogP contribution in [0.15, 0.2) is 22.8 Å². The Kier molecular flexibility index (Phi) is 3.25. The molecule has 1 heteroatoms. The van der Waals surface area contributed by atoms with Gasteiger partial charge in [0.2, 0.25) is 0 Å². The van der Waals surface area contributed by atoms with Gasteiger partial charge in [0.25, 0.3) is 0 Å². The molecule has 0 aromatic heterocycles. The van der Waals surface area contributed by atoms with Gasteiger partial charge in [-0.3, -0.25) is 0 Å². The normalized spacial score (nSPS) is 39.1. The molecule has 0 saturated heterocycles. The van der Waals surface area contributed by atoms with Gasteiger partial charge < -0.3 is 5.11 Å². The SMILES string of the molecule is CC1=C[C@H](O)C[C@H](C)[C@@H]2CC(=C(C)C)C[C@@H]12. The summed E-state index contributed by atoms with van der Waals surface area (Å²) in [6.45, 7) is 8.98. The van der Waals surface area contributed by atoms with Gasteiger partial charge in [-0.1, -0.05) is 29.7 Å². The van der Waals surface area contributed by atoms with E-state index in [0.29, 0.717) is 11.8 Å². The second-order valence-corrected chi connectivity index (χ2v) is 5.97. The van der Waals surface area contributed by atoms with Crippen molar-refractivity contribution >= 4 is 0 Å². The fraction of sp³-hybridized carbons (Fsp3) is 0.733. The maximum atomic E-state index is 9.87. The van der Waals surface area contributed by atoms with Crippen molar-refractivity contribution in [1.82, 2.24) is 0 Å². The first-order valence-corrected chi connectivity index (χ1v) is 6.50. The van der Waals surface area contributed by atoms with Crippen LogP contribution in [0.2, 0.25) is 0 Å². The first-order valence-electron chi connectivity index (χ1n) is 6.50. The Morgan fingerprint density at radius 3 is 2.62 bits per heavy atom. The highest BCUT2D eigenvalue weighted by Gasteiger charge is 2.37. The molecule has 90 valence electrons. The van der Waals surface area contributed by atoms with Crippen LogP contribution < -0.4 is 0 Å². The maximum Gasteiger partial charge on any atom is 0.0726 e. The number of hydrogen-bond donors (Lipinski definition) is 1. The molecule has 0 heterocycles. The topological polar surface area (TPSA) is 20.2 Å². The van der Waals surface area contributed by atoms with E-state index in [1.54, 1.807) is 5.57 Å². The van der Waals surface area contributed by atoms with E-state index in [9.17, 15) is 5.11 Å². The number of aliphatic hydroxyl groups is 1. The van der Waals surface area contributed by atoms with Crippen molar-refractivity contribution in [3.05, 3.63) is 22.8 Å². The van der Waals surface area contributed by atoms with Crippen molar-refractivity contribution in [2.45, 2.75) is 53.1 Å². The molecule has 0 aliphatic heterocycles. The number of allylic oxidation sites excluding steroid dienone is 3. The van der Waals surface area contributed by atoms with E-state index in [1.165, 1.54) is 24.0 Å². The fourth-order valence-corrected chi connectivity index (χ4v) is 3.48. The van der Waals surface area contributed by atoms with E-state index < -0.39 is 0 Å². The molecule has 0 radical (unpaired) electrons. The van der Waals surface area contributed by atoms with E-state index in [-0.39, 0.29) is 6.10 Å². The predicted molar refractivity (Wildman–Crippen MR) is 68.1 cm³/mol. The first kappa shape index (κ1) is 11.9. The minimum Gasteiger partial charge on any atom is -0.389 e. The summed E-state index contributed by atoms with van der Waals surface area (Å²) in [5, 5.41) is 9.87. The van der Waals surface area contributed by atoms with Crippen LogP contribution >= 0.6 is 0 Å². The number of fused-ring (bicyclic) bond motifs is 1. The highest BCUT2D eigenvalue weighted by Crippen LogP contribution is 2.47. The molecule has 16 heavy (non-hydrogen) atoms. The summed E-state index contributed by atoms with van der Waals surface area (Å²) >= 11 is 0. The van der Waals surface area contributed by atoms with Crippen LogP contribution in [0.5, 0.6) is 0 Å². The lowest BCUT2D eigenvalue weighted by molar-refractivity contribution is 0.172. The van der Waals surface area contributed by atoms with Gasteiger partial charge in [-0.15, -0.1) is 0 Å². The van der Waals surface area contributed by atoms with Crippen molar-refractivity contribution < 1.29 is 5.11 Å². The predicted octanol–water partition coefficient (Wildman–Crippen LogP) is 3.70. The van der Waals surface area contributed by atoms with Gasteiger partial charge in [-0.2, -0.15) is 0 Å². The van der Waals surface area contributed by atoms with Crippen molar-refractivity contribution in [3.8, 4) is 0 Å². The van der Waals surface area contributed by atoms with Crippen LogP contribution in [-0.4, -0.2) is 11.2 Å². The monoisotopic (exact) mass is 220 g/mol. The minimum atomic E-state index is -0.212. The van der Waals surface area contributed by atoms with Crippen molar-refractivity contribution in [3.63, 3.8) is 0 Å². The van der Waals surface area contributed by atoms with Crippen molar-refractivity contribution in [2.75, 3.05) is 0 Å². The van der Waals surface area contributed by atoms with E-state index in [4.69, 9.17) is 0 Å². The molecule has 1 N–H and O–H groups in total. The average Bonchev–Trinajstić information content (AvgIpc) is 2.57. The third kappa shape index (κ3) is 2.10. The van der Waals surface area contributed by atoms with Gasteiger partial charge in [-0.05, 0) is 57.8 Å². The molecule has 4 atom stereocenters. The van der Waals surface area contributed by atoms with Crippen LogP contribution in [0, 0.1) is 17.8 Å². The molecular formula is C15H24O. The van der Waals surface area contributed by atoms with Crippen LogP contribution in [-0.2, 0) is 0 Å². The molecule has 2 aliphatic carbocycles. The molecule has 1 nitrogen and oxygen atoms in total. The molecule has 0 aromatic rings. The summed E-state index contributed by atoms with van der Waals surface area (Å²) in [7, 11) is 0. The lowest BCUT2D eigenvalue weighted by atomic mass is 9.82. The van der Waals surface area contributed by atoms with Crippen LogP contribution in [0.3, 0.4) is 0 Å². The molecule has 2 rings (SSSR count). The molecule has 0 bridgehead atoms. The number of rotatable bonds is 0.